The molecule has 4 aromatic carbocycles. The van der Waals surface area contributed by atoms with Crippen LogP contribution >= 0.6 is 0 Å². The second kappa shape index (κ2) is 7.30. The molecule has 0 nitrogen and oxygen atoms in total. The molecular weight excluding hydrogens is 312 g/mol. The summed E-state index contributed by atoms with van der Waals surface area (Å²) in [4.78, 5) is 0. The molecule has 0 radical (unpaired) electrons. The maximum absolute atomic E-state index is 2.24. The van der Waals surface area contributed by atoms with Crippen molar-refractivity contribution in [1.82, 2.24) is 0 Å². The second-order valence-electron chi connectivity index (χ2n) is 6.22. The summed E-state index contributed by atoms with van der Waals surface area (Å²) in [5.41, 5.74) is 5.45. The van der Waals surface area contributed by atoms with Gasteiger partial charge in [0.2, 0.25) is 0 Å². The average Bonchev–Trinajstić information content (AvgIpc) is 3.03. The van der Waals surface area contributed by atoms with Crippen molar-refractivity contribution in [3.63, 3.8) is 0 Å². The molecule has 0 heterocycles. The first-order valence-electron chi connectivity index (χ1n) is 7.80. The molecule has 0 unspecified atom stereocenters. The Hall–Kier alpha value is -1.63. The molecule has 0 atom stereocenters. The predicted octanol–water partition coefficient (Wildman–Crippen LogP) is 6.35. The van der Waals surface area contributed by atoms with E-state index in [1.165, 1.54) is 43.8 Å². The van der Waals surface area contributed by atoms with E-state index in [2.05, 4.69) is 88.4 Å². The summed E-state index contributed by atoms with van der Waals surface area (Å²) in [6, 6.07) is 21.8. The molecule has 0 N–H and O–H groups in total. The first-order valence-corrected chi connectivity index (χ1v) is 7.80. The molecule has 1 heteroatoms. The zero-order valence-electron chi connectivity index (χ0n) is 14.3. The van der Waals surface area contributed by atoms with Crippen molar-refractivity contribution in [3.05, 3.63) is 82.9 Å². The third-order valence-electron chi connectivity index (χ3n) is 4.23. The number of rotatable bonds is 0. The summed E-state index contributed by atoms with van der Waals surface area (Å²) >= 11 is 0. The molecule has 0 aliphatic heterocycles. The maximum Gasteiger partial charge on any atom is 2.00 e. The number of hydrogen-bond donors (Lipinski definition) is 0. The van der Waals surface area contributed by atoms with Crippen LogP contribution in [0, 0.1) is 27.7 Å². The van der Waals surface area contributed by atoms with Gasteiger partial charge in [-0.05, 0) is 13.8 Å². The molecular formula is C22H22Ti. The molecule has 23 heavy (non-hydrogen) atoms. The fraction of sp³-hybridized carbons (Fsp3) is 0.182. The van der Waals surface area contributed by atoms with E-state index in [9.17, 15) is 0 Å². The maximum atomic E-state index is 2.24. The minimum absolute atomic E-state index is 0. The zero-order chi connectivity index (χ0) is 15.7. The number of hydrogen-bond acceptors (Lipinski definition) is 0. The van der Waals surface area contributed by atoms with Gasteiger partial charge in [0, 0.05) is 0 Å². The molecule has 0 saturated heterocycles. The fourth-order valence-corrected chi connectivity index (χ4v) is 3.08. The third-order valence-corrected chi connectivity index (χ3v) is 4.23. The van der Waals surface area contributed by atoms with Gasteiger partial charge in [-0.15, -0.1) is 69.1 Å². The van der Waals surface area contributed by atoms with Crippen LogP contribution in [-0.4, -0.2) is 0 Å². The summed E-state index contributed by atoms with van der Waals surface area (Å²) in [6.45, 7) is 8.59. The molecule has 0 aliphatic rings. The van der Waals surface area contributed by atoms with Crippen molar-refractivity contribution in [2.75, 3.05) is 0 Å². The first kappa shape index (κ1) is 17.7. The summed E-state index contributed by atoms with van der Waals surface area (Å²) in [6.07, 6.45) is 0. The van der Waals surface area contributed by atoms with Crippen molar-refractivity contribution < 1.29 is 21.7 Å². The Morgan fingerprint density at radius 2 is 1.00 bits per heavy atom. The van der Waals surface area contributed by atoms with Crippen LogP contribution in [0.15, 0.2) is 60.7 Å². The standard InChI is InChI=1S/2C11H11.Ti/c2*1-8-6-10-5-3-4-9(2)11(10)7-8;/h2*3-7H,1-2H3;/q2*-1;+2. The van der Waals surface area contributed by atoms with Gasteiger partial charge in [0.1, 0.15) is 0 Å². The molecule has 0 aliphatic carbocycles. The minimum atomic E-state index is 0. The molecule has 0 fully saturated rings. The van der Waals surface area contributed by atoms with Gasteiger partial charge in [-0.3, -0.25) is 0 Å². The van der Waals surface area contributed by atoms with Crippen LogP contribution in [0.5, 0.6) is 0 Å². The minimum Gasteiger partial charge on any atom is -0.165 e. The van der Waals surface area contributed by atoms with Crippen molar-refractivity contribution in [2.45, 2.75) is 27.7 Å². The van der Waals surface area contributed by atoms with Gasteiger partial charge in [0.25, 0.3) is 0 Å². The fourth-order valence-electron chi connectivity index (χ4n) is 3.08. The van der Waals surface area contributed by atoms with Gasteiger partial charge in [-0.25, -0.2) is 0 Å². The van der Waals surface area contributed by atoms with E-state index < -0.39 is 0 Å². The van der Waals surface area contributed by atoms with Gasteiger partial charge in [-0.1, -0.05) is 37.1 Å². The number of benzene rings is 2. The van der Waals surface area contributed by atoms with Gasteiger partial charge in [0.15, 0.2) is 0 Å². The molecule has 114 valence electrons. The van der Waals surface area contributed by atoms with Crippen LogP contribution in [0.1, 0.15) is 22.3 Å². The van der Waals surface area contributed by atoms with Gasteiger partial charge in [-0.2, -0.15) is 12.1 Å². The molecule has 0 saturated carbocycles. The third kappa shape index (κ3) is 3.83. The molecule has 0 bridgehead atoms. The second-order valence-corrected chi connectivity index (χ2v) is 6.22. The van der Waals surface area contributed by atoms with E-state index in [0.717, 1.165) is 0 Å². The average molecular weight is 334 g/mol. The van der Waals surface area contributed by atoms with Gasteiger partial charge >= 0.3 is 21.7 Å². The van der Waals surface area contributed by atoms with Crippen molar-refractivity contribution in [1.29, 1.82) is 0 Å². The monoisotopic (exact) mass is 334 g/mol. The smallest absolute Gasteiger partial charge is 0.165 e. The normalized spacial score (nSPS) is 10.3. The van der Waals surface area contributed by atoms with Crippen LogP contribution in [0.2, 0.25) is 0 Å². The molecule has 0 amide bonds. The van der Waals surface area contributed by atoms with E-state index in [4.69, 9.17) is 0 Å². The SMILES string of the molecule is Cc1cc2c(C)cccc2[cH-]1.Cc1cc2c(C)cccc2[cH-]1.[Ti+2]. The van der Waals surface area contributed by atoms with Crippen molar-refractivity contribution >= 4 is 21.5 Å². The summed E-state index contributed by atoms with van der Waals surface area (Å²) in [5.74, 6) is 0. The summed E-state index contributed by atoms with van der Waals surface area (Å²) < 4.78 is 0. The van der Waals surface area contributed by atoms with E-state index in [0.29, 0.717) is 0 Å². The van der Waals surface area contributed by atoms with E-state index >= 15 is 0 Å². The van der Waals surface area contributed by atoms with Gasteiger partial charge in [0.05, 0.1) is 0 Å². The Morgan fingerprint density at radius 1 is 0.609 bits per heavy atom. The molecule has 4 rings (SSSR count). The van der Waals surface area contributed by atoms with E-state index in [1.54, 1.807) is 0 Å². The largest absolute Gasteiger partial charge is 2.00 e. The zero-order valence-corrected chi connectivity index (χ0v) is 15.8. The van der Waals surface area contributed by atoms with Crippen molar-refractivity contribution in [3.8, 4) is 0 Å². The van der Waals surface area contributed by atoms with Crippen LogP contribution < -0.4 is 0 Å². The quantitative estimate of drug-likeness (QED) is 0.260. The number of fused-ring (bicyclic) bond motifs is 2. The Balaban J connectivity index is 0.000000160. The Kier molecular flexibility index (Phi) is 5.62. The van der Waals surface area contributed by atoms with Crippen LogP contribution in [-0.2, 0) is 21.7 Å². The topological polar surface area (TPSA) is 0 Å². The van der Waals surface area contributed by atoms with Gasteiger partial charge < -0.3 is 0 Å². The Morgan fingerprint density at radius 3 is 1.35 bits per heavy atom. The molecule has 0 spiro atoms. The predicted molar refractivity (Wildman–Crippen MR) is 98.0 cm³/mol. The first-order chi connectivity index (χ1) is 10.5. The van der Waals surface area contributed by atoms with Crippen LogP contribution in [0.4, 0.5) is 0 Å². The van der Waals surface area contributed by atoms with E-state index in [-0.39, 0.29) is 21.7 Å². The van der Waals surface area contributed by atoms with Crippen LogP contribution in [0.3, 0.4) is 0 Å². The molecule has 0 aromatic heterocycles. The van der Waals surface area contributed by atoms with E-state index in [1.807, 2.05) is 0 Å². The summed E-state index contributed by atoms with van der Waals surface area (Å²) in [7, 11) is 0. The Labute approximate surface area is 153 Å². The Bertz CT molecular complexity index is 844. The van der Waals surface area contributed by atoms with Crippen LogP contribution in [0.25, 0.3) is 21.5 Å². The van der Waals surface area contributed by atoms with Crippen molar-refractivity contribution in [2.24, 2.45) is 0 Å². The number of aryl methyl sites for hydroxylation is 4. The molecule has 4 aromatic rings. The summed E-state index contributed by atoms with van der Waals surface area (Å²) in [5, 5.41) is 5.51.